The summed E-state index contributed by atoms with van der Waals surface area (Å²) >= 11 is 0. The molecule has 4 rings (SSSR count). The second-order valence-corrected chi connectivity index (χ2v) is 8.38. The van der Waals surface area contributed by atoms with Gasteiger partial charge in [-0.2, -0.15) is 5.10 Å². The molecule has 2 aliphatic carbocycles. The average molecular weight is 415 g/mol. The summed E-state index contributed by atoms with van der Waals surface area (Å²) in [4.78, 5) is 24.3. The predicted octanol–water partition coefficient (Wildman–Crippen LogP) is 3.58. The molecule has 0 aromatic carbocycles. The Morgan fingerprint density at radius 3 is 2.80 bits per heavy atom. The van der Waals surface area contributed by atoms with Crippen LogP contribution in [0, 0.1) is 6.92 Å². The summed E-state index contributed by atoms with van der Waals surface area (Å²) in [5, 5.41) is 16.7. The van der Waals surface area contributed by atoms with Crippen LogP contribution in [0.5, 0.6) is 0 Å². The molecule has 30 heavy (non-hydrogen) atoms. The van der Waals surface area contributed by atoms with Gasteiger partial charge in [0, 0.05) is 29.8 Å². The van der Waals surface area contributed by atoms with Gasteiger partial charge in [-0.05, 0) is 39.0 Å². The molecule has 2 aromatic rings. The van der Waals surface area contributed by atoms with Crippen molar-refractivity contribution < 1.29 is 18.8 Å². The number of alkyl carbamates (subject to hydrolysis) is 1. The molecule has 0 aliphatic heterocycles. The van der Waals surface area contributed by atoms with Crippen LogP contribution in [-0.2, 0) is 16.0 Å². The van der Waals surface area contributed by atoms with Crippen LogP contribution < -0.4 is 10.6 Å². The van der Waals surface area contributed by atoms with E-state index in [4.69, 9.17) is 9.26 Å². The number of amides is 2. The quantitative estimate of drug-likeness (QED) is 0.663. The van der Waals surface area contributed by atoms with E-state index in [1.54, 1.807) is 6.07 Å². The summed E-state index contributed by atoms with van der Waals surface area (Å²) in [6.07, 6.45) is 7.90. The van der Waals surface area contributed by atoms with Gasteiger partial charge in [0.1, 0.15) is 11.9 Å². The lowest BCUT2D eigenvalue weighted by Gasteiger charge is -2.23. The third-order valence-corrected chi connectivity index (χ3v) is 5.90. The smallest absolute Gasteiger partial charge is 0.407 e. The zero-order valence-electron chi connectivity index (χ0n) is 17.3. The molecule has 1 unspecified atom stereocenters. The van der Waals surface area contributed by atoms with Crippen molar-refractivity contribution in [3.63, 3.8) is 0 Å². The number of H-pyrrole nitrogens is 1. The Morgan fingerprint density at radius 1 is 1.20 bits per heavy atom. The first-order valence-electron chi connectivity index (χ1n) is 10.8. The van der Waals surface area contributed by atoms with Gasteiger partial charge >= 0.3 is 6.09 Å². The van der Waals surface area contributed by atoms with Crippen LogP contribution in [0.3, 0.4) is 0 Å². The summed E-state index contributed by atoms with van der Waals surface area (Å²) in [5.74, 6) is 1.01. The van der Waals surface area contributed by atoms with Gasteiger partial charge in [0.25, 0.3) is 0 Å². The minimum absolute atomic E-state index is 0.0883. The van der Waals surface area contributed by atoms with Gasteiger partial charge < -0.3 is 19.9 Å². The number of aromatic nitrogens is 3. The standard InChI is InChI=1S/C21H29N5O4/c1-13-9-17(30-26-13)11-20(27)23-19-12-18(24-25-19)14-7-8-16(10-14)29-21(28)22-15-5-3-2-4-6-15/h9,12,14-16H,2-8,10-11H2,1H3,(H,22,28)(H2,23,24,25,27)/t14?,16-/m1/s1. The van der Waals surface area contributed by atoms with Crippen LogP contribution in [0.25, 0.3) is 0 Å². The van der Waals surface area contributed by atoms with Crippen molar-refractivity contribution in [2.24, 2.45) is 0 Å². The van der Waals surface area contributed by atoms with Crippen molar-refractivity contribution in [1.82, 2.24) is 20.7 Å². The highest BCUT2D eigenvalue weighted by Gasteiger charge is 2.30. The average Bonchev–Trinajstić information content (AvgIpc) is 3.44. The fraction of sp³-hybridized carbons (Fsp3) is 0.619. The highest BCUT2D eigenvalue weighted by molar-refractivity contribution is 5.91. The monoisotopic (exact) mass is 415 g/mol. The van der Waals surface area contributed by atoms with Gasteiger partial charge in [-0.15, -0.1) is 0 Å². The van der Waals surface area contributed by atoms with E-state index in [1.807, 2.05) is 13.0 Å². The van der Waals surface area contributed by atoms with Crippen molar-refractivity contribution in [2.45, 2.75) is 82.8 Å². The molecule has 2 fully saturated rings. The molecule has 9 nitrogen and oxygen atoms in total. The lowest BCUT2D eigenvalue weighted by molar-refractivity contribution is -0.115. The van der Waals surface area contributed by atoms with Crippen molar-refractivity contribution in [2.75, 3.05) is 5.32 Å². The molecule has 2 aliphatic rings. The minimum atomic E-state index is -0.298. The number of rotatable bonds is 6. The van der Waals surface area contributed by atoms with Crippen LogP contribution in [-0.4, -0.2) is 39.5 Å². The minimum Gasteiger partial charge on any atom is -0.446 e. The van der Waals surface area contributed by atoms with Crippen LogP contribution in [0.4, 0.5) is 10.6 Å². The van der Waals surface area contributed by atoms with Crippen molar-refractivity contribution in [3.8, 4) is 0 Å². The van der Waals surface area contributed by atoms with Crippen LogP contribution in [0.1, 0.15) is 74.4 Å². The molecule has 9 heteroatoms. The van der Waals surface area contributed by atoms with E-state index >= 15 is 0 Å². The Kier molecular flexibility index (Phi) is 6.35. The van der Waals surface area contributed by atoms with Crippen LogP contribution in [0.15, 0.2) is 16.7 Å². The molecular weight excluding hydrogens is 386 g/mol. The zero-order valence-corrected chi connectivity index (χ0v) is 17.3. The molecule has 2 amide bonds. The van der Waals surface area contributed by atoms with Crippen molar-refractivity contribution in [3.05, 3.63) is 29.3 Å². The second-order valence-electron chi connectivity index (χ2n) is 8.38. The van der Waals surface area contributed by atoms with Gasteiger partial charge in [0.15, 0.2) is 5.82 Å². The van der Waals surface area contributed by atoms with E-state index in [1.165, 1.54) is 19.3 Å². The molecule has 3 N–H and O–H groups in total. The number of aryl methyl sites for hydroxylation is 1. The predicted molar refractivity (Wildman–Crippen MR) is 109 cm³/mol. The lowest BCUT2D eigenvalue weighted by Crippen LogP contribution is -2.38. The molecule has 162 valence electrons. The Balaban J connectivity index is 1.23. The van der Waals surface area contributed by atoms with E-state index in [2.05, 4.69) is 26.0 Å². The third kappa shape index (κ3) is 5.40. The highest BCUT2D eigenvalue weighted by Crippen LogP contribution is 2.36. The van der Waals surface area contributed by atoms with Crippen molar-refractivity contribution >= 4 is 17.8 Å². The molecule has 2 saturated carbocycles. The number of nitrogens with zero attached hydrogens (tertiary/aromatic N) is 2. The molecule has 0 saturated heterocycles. The van der Waals surface area contributed by atoms with Gasteiger partial charge in [0.05, 0.1) is 12.1 Å². The Labute approximate surface area is 175 Å². The fourth-order valence-electron chi connectivity index (χ4n) is 4.38. The van der Waals surface area contributed by atoms with Gasteiger partial charge in [-0.1, -0.05) is 24.4 Å². The van der Waals surface area contributed by atoms with E-state index < -0.39 is 0 Å². The van der Waals surface area contributed by atoms with E-state index in [-0.39, 0.29) is 36.5 Å². The summed E-state index contributed by atoms with van der Waals surface area (Å²) < 4.78 is 10.7. The number of aromatic amines is 1. The van der Waals surface area contributed by atoms with Gasteiger partial charge in [0.2, 0.25) is 5.91 Å². The summed E-state index contributed by atoms with van der Waals surface area (Å²) in [6, 6.07) is 3.83. The fourth-order valence-corrected chi connectivity index (χ4v) is 4.38. The highest BCUT2D eigenvalue weighted by atomic mass is 16.6. The maximum absolute atomic E-state index is 12.2. The number of carbonyl (C=O) groups is 2. The molecular formula is C21H29N5O4. The zero-order chi connectivity index (χ0) is 20.9. The van der Waals surface area contributed by atoms with Crippen LogP contribution in [0.2, 0.25) is 0 Å². The Bertz CT molecular complexity index is 870. The summed E-state index contributed by atoms with van der Waals surface area (Å²) in [7, 11) is 0. The maximum atomic E-state index is 12.2. The number of hydrogen-bond acceptors (Lipinski definition) is 6. The summed E-state index contributed by atoms with van der Waals surface area (Å²) in [5.41, 5.74) is 1.69. The normalized spacial score (nSPS) is 22.0. The Morgan fingerprint density at radius 2 is 2.03 bits per heavy atom. The SMILES string of the molecule is Cc1cc(CC(=O)Nc2cc(C3CC[C@@H](OC(=O)NC4CCCCC4)C3)[nH]n2)on1. The molecule has 2 aromatic heterocycles. The number of ether oxygens (including phenoxy) is 1. The number of anilines is 1. The number of nitrogens with one attached hydrogen (secondary N) is 3. The number of carbonyl (C=O) groups excluding carboxylic acids is 2. The maximum Gasteiger partial charge on any atom is 0.407 e. The second kappa shape index (κ2) is 9.32. The van der Waals surface area contributed by atoms with Gasteiger partial charge in [-0.25, -0.2) is 4.79 Å². The molecule has 0 radical (unpaired) electrons. The lowest BCUT2D eigenvalue weighted by atomic mass is 9.96. The Hall–Kier alpha value is -2.84. The third-order valence-electron chi connectivity index (χ3n) is 5.90. The molecule has 2 heterocycles. The summed E-state index contributed by atoms with van der Waals surface area (Å²) in [6.45, 7) is 1.81. The van der Waals surface area contributed by atoms with Crippen molar-refractivity contribution in [1.29, 1.82) is 0 Å². The molecule has 0 spiro atoms. The van der Waals surface area contributed by atoms with Gasteiger partial charge in [-0.3, -0.25) is 9.89 Å². The molecule has 0 bridgehead atoms. The van der Waals surface area contributed by atoms with Crippen LogP contribution >= 0.6 is 0 Å². The first-order valence-corrected chi connectivity index (χ1v) is 10.8. The van der Waals surface area contributed by atoms with E-state index in [9.17, 15) is 9.59 Å². The van der Waals surface area contributed by atoms with E-state index in [0.717, 1.165) is 43.5 Å². The largest absolute Gasteiger partial charge is 0.446 e. The van der Waals surface area contributed by atoms with E-state index in [0.29, 0.717) is 11.6 Å². The first-order chi connectivity index (χ1) is 14.5. The number of hydrogen-bond donors (Lipinski definition) is 3. The first kappa shape index (κ1) is 20.4. The molecule has 2 atom stereocenters. The topological polar surface area (TPSA) is 122 Å².